The van der Waals surface area contributed by atoms with Crippen LogP contribution in [0.3, 0.4) is 0 Å². The molecule has 116 valence electrons. The van der Waals surface area contributed by atoms with Crippen molar-refractivity contribution in [2.24, 2.45) is 0 Å². The molecule has 0 aliphatic heterocycles. The first-order chi connectivity index (χ1) is 11.2. The van der Waals surface area contributed by atoms with Crippen LogP contribution in [0.25, 0.3) is 5.69 Å². The molecule has 0 bridgehead atoms. The molecule has 1 heterocycles. The highest BCUT2D eigenvalue weighted by atomic mass is 19.1. The molecule has 0 saturated carbocycles. The van der Waals surface area contributed by atoms with Gasteiger partial charge in [-0.05, 0) is 42.3 Å². The minimum absolute atomic E-state index is 0.0709. The van der Waals surface area contributed by atoms with Crippen LogP contribution in [0.15, 0.2) is 67.0 Å². The Balaban J connectivity index is 1.55. The zero-order chi connectivity index (χ0) is 16.1. The number of aromatic nitrogens is 2. The number of nitrogens with zero attached hydrogens (tertiary/aromatic N) is 2. The van der Waals surface area contributed by atoms with E-state index in [-0.39, 0.29) is 5.56 Å². The summed E-state index contributed by atoms with van der Waals surface area (Å²) in [7, 11) is 0. The molecule has 4 nitrogen and oxygen atoms in total. The van der Waals surface area contributed by atoms with Crippen molar-refractivity contribution in [1.82, 2.24) is 15.1 Å². The molecule has 2 aromatic carbocycles. The van der Waals surface area contributed by atoms with Crippen molar-refractivity contribution >= 4 is 5.91 Å². The predicted molar refractivity (Wildman–Crippen MR) is 86.0 cm³/mol. The molecule has 3 rings (SSSR count). The van der Waals surface area contributed by atoms with Gasteiger partial charge in [0.25, 0.3) is 5.91 Å². The molecule has 0 aliphatic rings. The van der Waals surface area contributed by atoms with E-state index in [2.05, 4.69) is 10.4 Å². The maximum Gasteiger partial charge on any atom is 0.254 e. The standard InChI is InChI=1S/C18H16FN3O/c19-17-5-2-1-4-16(17)18(23)20-12-10-14-6-8-15(9-7-14)22-13-3-11-21-22/h1-9,11,13H,10,12H2,(H,20,23). The van der Waals surface area contributed by atoms with Crippen molar-refractivity contribution in [1.29, 1.82) is 0 Å². The van der Waals surface area contributed by atoms with E-state index in [1.165, 1.54) is 12.1 Å². The van der Waals surface area contributed by atoms with Crippen molar-refractivity contribution < 1.29 is 9.18 Å². The van der Waals surface area contributed by atoms with Crippen LogP contribution in [0.4, 0.5) is 4.39 Å². The third kappa shape index (κ3) is 3.63. The van der Waals surface area contributed by atoms with Gasteiger partial charge in [0.1, 0.15) is 5.82 Å². The largest absolute Gasteiger partial charge is 0.352 e. The Morgan fingerprint density at radius 2 is 1.87 bits per heavy atom. The number of hydrogen-bond acceptors (Lipinski definition) is 2. The number of carbonyl (C=O) groups is 1. The van der Waals surface area contributed by atoms with Gasteiger partial charge in [-0.1, -0.05) is 24.3 Å². The maximum atomic E-state index is 13.5. The average Bonchev–Trinajstić information content (AvgIpc) is 3.10. The van der Waals surface area contributed by atoms with E-state index in [1.807, 2.05) is 36.5 Å². The summed E-state index contributed by atoms with van der Waals surface area (Å²) in [5.41, 5.74) is 2.14. The van der Waals surface area contributed by atoms with E-state index in [4.69, 9.17) is 0 Å². The van der Waals surface area contributed by atoms with Gasteiger partial charge in [-0.15, -0.1) is 0 Å². The Labute approximate surface area is 133 Å². The molecule has 1 amide bonds. The monoisotopic (exact) mass is 309 g/mol. The number of amides is 1. The minimum Gasteiger partial charge on any atom is -0.352 e. The number of halogens is 1. The lowest BCUT2D eigenvalue weighted by molar-refractivity contribution is 0.0950. The van der Waals surface area contributed by atoms with Crippen LogP contribution in [0.2, 0.25) is 0 Å². The number of benzene rings is 2. The zero-order valence-corrected chi connectivity index (χ0v) is 12.4. The molecule has 23 heavy (non-hydrogen) atoms. The summed E-state index contributed by atoms with van der Waals surface area (Å²) < 4.78 is 15.3. The Hall–Kier alpha value is -2.95. The lowest BCUT2D eigenvalue weighted by Gasteiger charge is -2.07. The lowest BCUT2D eigenvalue weighted by Crippen LogP contribution is -2.26. The van der Waals surface area contributed by atoms with Crippen LogP contribution in [-0.4, -0.2) is 22.2 Å². The molecule has 0 fully saturated rings. The van der Waals surface area contributed by atoms with Gasteiger partial charge in [0.05, 0.1) is 11.3 Å². The molecule has 1 N–H and O–H groups in total. The third-order valence-corrected chi connectivity index (χ3v) is 3.52. The van der Waals surface area contributed by atoms with Gasteiger partial charge in [-0.2, -0.15) is 5.10 Å². The molecule has 0 radical (unpaired) electrons. The summed E-state index contributed by atoms with van der Waals surface area (Å²) in [5.74, 6) is -0.898. The molecule has 0 unspecified atom stereocenters. The van der Waals surface area contributed by atoms with E-state index in [1.54, 1.807) is 23.0 Å². The van der Waals surface area contributed by atoms with E-state index >= 15 is 0 Å². The SMILES string of the molecule is O=C(NCCc1ccc(-n2cccn2)cc1)c1ccccc1F. The highest BCUT2D eigenvalue weighted by Crippen LogP contribution is 2.09. The summed E-state index contributed by atoms with van der Waals surface area (Å²) in [6.45, 7) is 0.453. The first kappa shape index (κ1) is 15.0. The fourth-order valence-corrected chi connectivity index (χ4v) is 2.30. The van der Waals surface area contributed by atoms with Crippen molar-refractivity contribution in [2.45, 2.75) is 6.42 Å². The summed E-state index contributed by atoms with van der Waals surface area (Å²) in [6.07, 6.45) is 4.29. The van der Waals surface area contributed by atoms with Crippen LogP contribution in [0, 0.1) is 5.82 Å². The van der Waals surface area contributed by atoms with E-state index in [0.29, 0.717) is 13.0 Å². The van der Waals surface area contributed by atoms with Crippen molar-refractivity contribution in [3.8, 4) is 5.69 Å². The average molecular weight is 309 g/mol. The summed E-state index contributed by atoms with van der Waals surface area (Å²) in [6, 6.07) is 15.8. The Bertz CT molecular complexity index is 782. The molecular weight excluding hydrogens is 293 g/mol. The highest BCUT2D eigenvalue weighted by molar-refractivity contribution is 5.94. The normalized spacial score (nSPS) is 10.5. The number of carbonyl (C=O) groups excluding carboxylic acids is 1. The molecular formula is C18H16FN3O. The molecule has 0 spiro atoms. The molecule has 1 aromatic heterocycles. The number of hydrogen-bond donors (Lipinski definition) is 1. The molecule has 3 aromatic rings. The van der Waals surface area contributed by atoms with Gasteiger partial charge < -0.3 is 5.32 Å². The minimum atomic E-state index is -0.506. The van der Waals surface area contributed by atoms with Gasteiger partial charge in [-0.25, -0.2) is 9.07 Å². The quantitative estimate of drug-likeness (QED) is 0.787. The van der Waals surface area contributed by atoms with E-state index in [9.17, 15) is 9.18 Å². The van der Waals surface area contributed by atoms with Crippen molar-refractivity contribution in [3.05, 3.63) is 83.9 Å². The Morgan fingerprint density at radius 3 is 2.57 bits per heavy atom. The summed E-state index contributed by atoms with van der Waals surface area (Å²) in [4.78, 5) is 11.9. The second-order valence-electron chi connectivity index (χ2n) is 5.10. The second-order valence-corrected chi connectivity index (χ2v) is 5.10. The maximum absolute atomic E-state index is 13.5. The highest BCUT2D eigenvalue weighted by Gasteiger charge is 2.09. The molecule has 0 atom stereocenters. The predicted octanol–water partition coefficient (Wildman–Crippen LogP) is 2.98. The van der Waals surface area contributed by atoms with Gasteiger partial charge in [0.2, 0.25) is 0 Å². The first-order valence-electron chi connectivity index (χ1n) is 7.36. The van der Waals surface area contributed by atoms with Gasteiger partial charge in [0.15, 0.2) is 0 Å². The zero-order valence-electron chi connectivity index (χ0n) is 12.4. The molecule has 0 saturated heterocycles. The summed E-state index contributed by atoms with van der Waals surface area (Å²) in [5, 5.41) is 6.90. The van der Waals surface area contributed by atoms with Gasteiger partial charge in [0, 0.05) is 18.9 Å². The Kier molecular flexibility index (Phi) is 4.47. The number of nitrogens with one attached hydrogen (secondary N) is 1. The summed E-state index contributed by atoms with van der Waals surface area (Å²) >= 11 is 0. The van der Waals surface area contributed by atoms with Crippen molar-refractivity contribution in [3.63, 3.8) is 0 Å². The van der Waals surface area contributed by atoms with E-state index in [0.717, 1.165) is 11.3 Å². The fourth-order valence-electron chi connectivity index (χ4n) is 2.30. The topological polar surface area (TPSA) is 46.9 Å². The van der Waals surface area contributed by atoms with Crippen LogP contribution >= 0.6 is 0 Å². The van der Waals surface area contributed by atoms with Crippen LogP contribution < -0.4 is 5.32 Å². The van der Waals surface area contributed by atoms with Gasteiger partial charge in [-0.3, -0.25) is 4.79 Å². The molecule has 0 aliphatic carbocycles. The smallest absolute Gasteiger partial charge is 0.254 e. The molecule has 5 heteroatoms. The third-order valence-electron chi connectivity index (χ3n) is 3.52. The van der Waals surface area contributed by atoms with Crippen molar-refractivity contribution in [2.75, 3.05) is 6.54 Å². The van der Waals surface area contributed by atoms with E-state index < -0.39 is 11.7 Å². The first-order valence-corrected chi connectivity index (χ1v) is 7.36. The fraction of sp³-hybridized carbons (Fsp3) is 0.111. The van der Waals surface area contributed by atoms with Crippen LogP contribution in [0.5, 0.6) is 0 Å². The Morgan fingerprint density at radius 1 is 1.09 bits per heavy atom. The second kappa shape index (κ2) is 6.87. The van der Waals surface area contributed by atoms with Crippen LogP contribution in [-0.2, 0) is 6.42 Å². The van der Waals surface area contributed by atoms with Crippen LogP contribution in [0.1, 0.15) is 15.9 Å². The lowest BCUT2D eigenvalue weighted by atomic mass is 10.1. The number of rotatable bonds is 5. The van der Waals surface area contributed by atoms with Gasteiger partial charge >= 0.3 is 0 Å².